The van der Waals surface area contributed by atoms with E-state index in [1.54, 1.807) is 30.5 Å². The summed E-state index contributed by atoms with van der Waals surface area (Å²) in [6, 6.07) is 12.8. The molecule has 8 rings (SSSR count). The van der Waals surface area contributed by atoms with Gasteiger partial charge in [0.25, 0.3) is 20.0 Å². The van der Waals surface area contributed by atoms with Crippen LogP contribution in [0.25, 0.3) is 44.8 Å². The molecular formula is C36H28F2N10O6S4. The van der Waals surface area contributed by atoms with Crippen LogP contribution in [0.1, 0.15) is 11.1 Å². The summed E-state index contributed by atoms with van der Waals surface area (Å²) in [7, 11) is -11.9. The van der Waals surface area contributed by atoms with E-state index in [-0.39, 0.29) is 48.7 Å². The highest BCUT2D eigenvalue weighted by Gasteiger charge is 2.27. The van der Waals surface area contributed by atoms with Gasteiger partial charge in [-0.2, -0.15) is 0 Å². The summed E-state index contributed by atoms with van der Waals surface area (Å²) < 4.78 is 106. The van der Waals surface area contributed by atoms with E-state index >= 15 is 0 Å². The zero-order valence-electron chi connectivity index (χ0n) is 30.5. The van der Waals surface area contributed by atoms with Crippen molar-refractivity contribution in [3.05, 3.63) is 121 Å². The minimum Gasteiger partial charge on any atom is -0.244 e. The van der Waals surface area contributed by atoms with Gasteiger partial charge in [0.15, 0.2) is 49.4 Å². The highest BCUT2D eigenvalue weighted by Crippen LogP contribution is 2.32. The molecule has 22 heteroatoms. The largest absolute Gasteiger partial charge is 0.269 e. The number of rotatable bonds is 8. The lowest BCUT2D eigenvalue weighted by atomic mass is 10.2. The van der Waals surface area contributed by atoms with E-state index in [2.05, 4.69) is 39.9 Å². The smallest absolute Gasteiger partial charge is 0.244 e. The van der Waals surface area contributed by atoms with Crippen LogP contribution in [-0.2, 0) is 29.9 Å². The van der Waals surface area contributed by atoms with Gasteiger partial charge in [-0.25, -0.2) is 81.9 Å². The van der Waals surface area contributed by atoms with Crippen molar-refractivity contribution in [3.63, 3.8) is 0 Å². The van der Waals surface area contributed by atoms with E-state index in [1.165, 1.54) is 61.7 Å². The Kier molecular flexibility index (Phi) is 10.6. The highest BCUT2D eigenvalue weighted by molar-refractivity contribution is 7.98. The number of aryl methyl sites for hydroxylation is 2. The van der Waals surface area contributed by atoms with Crippen LogP contribution >= 0.6 is 11.8 Å². The fourth-order valence-electron chi connectivity index (χ4n) is 5.61. The number of hydrogen-bond acceptors (Lipinski definition) is 15. The monoisotopic (exact) mass is 862 g/mol. The SMILES string of the molecule is CSc1nc(-c2cn(S(=O)(=O)c3ccc(C)cc3)c3ncncc23)ncc1F.Cc1ccc(S(=O)(=O)n2cc(-c3ncc(F)c(S(C)(=O)=O)n3)c3cncnc32)cc1. The maximum Gasteiger partial charge on any atom is 0.269 e. The predicted octanol–water partition coefficient (Wildman–Crippen LogP) is 5.27. The van der Waals surface area contributed by atoms with Gasteiger partial charge in [-0.05, 0) is 44.4 Å². The first-order valence-electron chi connectivity index (χ1n) is 16.6. The van der Waals surface area contributed by atoms with E-state index in [4.69, 9.17) is 0 Å². The third-order valence-corrected chi connectivity index (χ3v) is 13.5. The second-order valence-corrected chi connectivity index (χ2v) is 18.9. The Labute approximate surface area is 334 Å². The molecule has 6 heterocycles. The Morgan fingerprint density at radius 1 is 0.586 bits per heavy atom. The fraction of sp³-hybridized carbons (Fsp3) is 0.111. The lowest BCUT2D eigenvalue weighted by molar-refractivity contribution is 0.552. The average Bonchev–Trinajstić information content (AvgIpc) is 3.79. The Morgan fingerprint density at radius 3 is 1.45 bits per heavy atom. The van der Waals surface area contributed by atoms with Gasteiger partial charge >= 0.3 is 0 Å². The van der Waals surface area contributed by atoms with Gasteiger partial charge in [-0.15, -0.1) is 11.8 Å². The third-order valence-electron chi connectivity index (χ3n) is 8.48. The van der Waals surface area contributed by atoms with Gasteiger partial charge in [0.2, 0.25) is 0 Å². The zero-order chi connectivity index (χ0) is 41.6. The van der Waals surface area contributed by atoms with Crippen molar-refractivity contribution in [2.24, 2.45) is 0 Å². The van der Waals surface area contributed by atoms with Crippen LogP contribution in [0.4, 0.5) is 8.78 Å². The van der Waals surface area contributed by atoms with Gasteiger partial charge < -0.3 is 0 Å². The minimum atomic E-state index is -4.04. The zero-order valence-corrected chi connectivity index (χ0v) is 33.8. The number of sulfone groups is 1. The first-order valence-corrected chi connectivity index (χ1v) is 22.6. The van der Waals surface area contributed by atoms with E-state index < -0.39 is 46.5 Å². The second-order valence-electron chi connectivity index (χ2n) is 12.5. The van der Waals surface area contributed by atoms with Crippen molar-refractivity contribution < 1.29 is 34.0 Å². The standard InChI is InChI=1S/C18H14FN5O4S2.C18H14FN5O2S2/c1-11-3-5-12(6-4-11)30(27,28)24-9-14(13-7-20-10-22-17(13)24)16-21-8-15(19)18(23-16)29(2,25)26;1-11-3-5-12(6-4-11)28(25,26)24-9-14(13-7-20-10-22-17(13)24)16-21-8-15(19)18(23-16)27-2/h3-10H,1-2H3;3-10H,1-2H3. The molecule has 0 spiro atoms. The molecule has 0 aliphatic carbocycles. The summed E-state index contributed by atoms with van der Waals surface area (Å²) in [5, 5.41) is 0.104. The number of benzene rings is 2. The van der Waals surface area contributed by atoms with Gasteiger partial charge in [0.05, 0.1) is 22.2 Å². The molecule has 2 aromatic carbocycles. The molecule has 0 unspecified atom stereocenters. The molecule has 0 atom stereocenters. The number of nitrogens with zero attached hydrogens (tertiary/aromatic N) is 10. The summed E-state index contributed by atoms with van der Waals surface area (Å²) in [5.41, 5.74) is 2.64. The number of thioether (sulfide) groups is 1. The van der Waals surface area contributed by atoms with Crippen molar-refractivity contribution in [1.29, 1.82) is 0 Å². The first-order chi connectivity index (χ1) is 27.5. The second kappa shape index (κ2) is 15.3. The van der Waals surface area contributed by atoms with Crippen LogP contribution in [0, 0.1) is 25.5 Å². The Hall–Kier alpha value is -6.10. The van der Waals surface area contributed by atoms with Crippen LogP contribution in [0.3, 0.4) is 0 Å². The normalized spacial score (nSPS) is 12.1. The lowest BCUT2D eigenvalue weighted by Gasteiger charge is -2.07. The van der Waals surface area contributed by atoms with Crippen molar-refractivity contribution >= 4 is 63.7 Å². The summed E-state index contributed by atoms with van der Waals surface area (Å²) in [6.07, 6.45) is 12.2. The van der Waals surface area contributed by atoms with Gasteiger partial charge in [-0.3, -0.25) is 0 Å². The summed E-state index contributed by atoms with van der Waals surface area (Å²) in [5.74, 6) is -1.62. The van der Waals surface area contributed by atoms with Gasteiger partial charge in [0, 0.05) is 52.9 Å². The summed E-state index contributed by atoms with van der Waals surface area (Å²) >= 11 is 1.14. The topological polar surface area (TPSA) is 215 Å². The number of aromatic nitrogens is 10. The van der Waals surface area contributed by atoms with Crippen molar-refractivity contribution in [2.75, 3.05) is 12.5 Å². The third kappa shape index (κ3) is 7.53. The van der Waals surface area contributed by atoms with Crippen molar-refractivity contribution in [2.45, 2.75) is 33.7 Å². The van der Waals surface area contributed by atoms with Crippen LogP contribution < -0.4 is 0 Å². The van der Waals surface area contributed by atoms with E-state index in [0.29, 0.717) is 10.9 Å². The van der Waals surface area contributed by atoms with E-state index in [1.807, 2.05) is 13.8 Å². The van der Waals surface area contributed by atoms with Gasteiger partial charge in [-0.1, -0.05) is 35.4 Å². The molecule has 0 saturated heterocycles. The van der Waals surface area contributed by atoms with Crippen molar-refractivity contribution in [3.8, 4) is 22.8 Å². The molecule has 0 aliphatic heterocycles. The Bertz CT molecular complexity index is 3220. The molecule has 0 amide bonds. The molecule has 0 fully saturated rings. The predicted molar refractivity (Wildman–Crippen MR) is 209 cm³/mol. The van der Waals surface area contributed by atoms with Gasteiger partial charge in [0.1, 0.15) is 17.7 Å². The molecule has 6 aromatic heterocycles. The van der Waals surface area contributed by atoms with Crippen LogP contribution in [0.5, 0.6) is 0 Å². The van der Waals surface area contributed by atoms with E-state index in [9.17, 15) is 34.0 Å². The molecule has 58 heavy (non-hydrogen) atoms. The molecule has 0 N–H and O–H groups in total. The molecular weight excluding hydrogens is 835 g/mol. The first kappa shape index (κ1) is 40.1. The maximum atomic E-state index is 13.9. The molecule has 8 aromatic rings. The molecule has 0 bridgehead atoms. The van der Waals surface area contributed by atoms with Crippen LogP contribution in [0.15, 0.2) is 118 Å². The van der Waals surface area contributed by atoms with Crippen LogP contribution in [0.2, 0.25) is 0 Å². The molecule has 16 nitrogen and oxygen atoms in total. The Balaban J connectivity index is 0.000000177. The van der Waals surface area contributed by atoms with Crippen molar-refractivity contribution in [1.82, 2.24) is 47.8 Å². The Morgan fingerprint density at radius 2 is 1.02 bits per heavy atom. The summed E-state index contributed by atoms with van der Waals surface area (Å²) in [6.45, 7) is 3.71. The number of halogens is 2. The molecule has 0 radical (unpaired) electrons. The average molecular weight is 863 g/mol. The molecule has 296 valence electrons. The maximum absolute atomic E-state index is 13.9. The number of hydrogen-bond donors (Lipinski definition) is 0. The lowest BCUT2D eigenvalue weighted by Crippen LogP contribution is -2.12. The van der Waals surface area contributed by atoms with E-state index in [0.717, 1.165) is 49.5 Å². The highest BCUT2D eigenvalue weighted by atomic mass is 32.2. The summed E-state index contributed by atoms with van der Waals surface area (Å²) in [4.78, 5) is 32.1. The molecule has 0 aliphatic rings. The quantitative estimate of drug-likeness (QED) is 0.141. The molecule has 0 saturated carbocycles. The fourth-order valence-corrected chi connectivity index (χ4v) is 9.34. The minimum absolute atomic E-state index is 0.0343. The number of fused-ring (bicyclic) bond motifs is 2. The van der Waals surface area contributed by atoms with Crippen LogP contribution in [-0.4, -0.2) is 85.6 Å².